The van der Waals surface area contributed by atoms with E-state index in [0.29, 0.717) is 5.69 Å². The zero-order valence-corrected chi connectivity index (χ0v) is 12.1. The van der Waals surface area contributed by atoms with Gasteiger partial charge in [-0.25, -0.2) is 0 Å². The maximum absolute atomic E-state index is 6.00. The van der Waals surface area contributed by atoms with Crippen LogP contribution in [0, 0.1) is 0 Å². The Kier molecular flexibility index (Phi) is 4.88. The number of ether oxygens (including phenoxy) is 1. The van der Waals surface area contributed by atoms with Gasteiger partial charge in [0.05, 0.1) is 18.5 Å². The van der Waals surface area contributed by atoms with Crippen molar-refractivity contribution in [3.8, 4) is 5.75 Å². The molecule has 0 heterocycles. The molecule has 106 valence electrons. The predicted molar refractivity (Wildman–Crippen MR) is 85.7 cm³/mol. The summed E-state index contributed by atoms with van der Waals surface area (Å²) in [5.41, 5.74) is 9.99. The third-order valence-electron chi connectivity index (χ3n) is 3.31. The topological polar surface area (TPSA) is 47.3 Å². The minimum absolute atomic E-state index is 0.680. The highest BCUT2D eigenvalue weighted by Crippen LogP contribution is 2.27. The van der Waals surface area contributed by atoms with Gasteiger partial charge < -0.3 is 15.8 Å². The van der Waals surface area contributed by atoms with E-state index in [0.717, 1.165) is 23.5 Å². The number of hydrogen-bond donors (Lipinski definition) is 2. The second-order valence-electron chi connectivity index (χ2n) is 4.88. The number of unbranched alkanes of at least 4 members (excludes halogenated alkanes) is 1. The molecule has 2 aromatic rings. The first-order valence-electron chi connectivity index (χ1n) is 7.02. The number of methoxy groups -OCH3 is 1. The van der Waals surface area contributed by atoms with E-state index in [1.807, 2.05) is 18.2 Å². The predicted octanol–water partition coefficient (Wildman–Crippen LogP) is 4.36. The highest BCUT2D eigenvalue weighted by molar-refractivity contribution is 5.73. The normalized spacial score (nSPS) is 10.3. The zero-order valence-electron chi connectivity index (χ0n) is 12.1. The van der Waals surface area contributed by atoms with Crippen molar-refractivity contribution in [1.29, 1.82) is 0 Å². The van der Waals surface area contributed by atoms with Crippen LogP contribution in [0.2, 0.25) is 0 Å². The van der Waals surface area contributed by atoms with E-state index in [9.17, 15) is 0 Å². The molecule has 3 heteroatoms. The third-order valence-corrected chi connectivity index (χ3v) is 3.31. The average Bonchev–Trinajstić information content (AvgIpc) is 2.48. The largest absolute Gasteiger partial charge is 0.497 e. The van der Waals surface area contributed by atoms with Gasteiger partial charge in [-0.3, -0.25) is 0 Å². The summed E-state index contributed by atoms with van der Waals surface area (Å²) < 4.78 is 5.15. The molecule has 0 radical (unpaired) electrons. The van der Waals surface area contributed by atoms with E-state index >= 15 is 0 Å². The molecule has 0 aliphatic heterocycles. The molecule has 0 spiro atoms. The summed E-state index contributed by atoms with van der Waals surface area (Å²) in [5, 5.41) is 3.33. The Morgan fingerprint density at radius 2 is 1.85 bits per heavy atom. The molecule has 0 unspecified atom stereocenters. The van der Waals surface area contributed by atoms with Gasteiger partial charge in [-0.1, -0.05) is 25.5 Å². The van der Waals surface area contributed by atoms with Gasteiger partial charge in [0, 0.05) is 11.8 Å². The number of hydrogen-bond acceptors (Lipinski definition) is 3. The maximum Gasteiger partial charge on any atom is 0.121 e. The van der Waals surface area contributed by atoms with Crippen molar-refractivity contribution >= 4 is 17.1 Å². The average molecular weight is 270 g/mol. The minimum Gasteiger partial charge on any atom is -0.497 e. The van der Waals surface area contributed by atoms with Crippen molar-refractivity contribution < 1.29 is 4.74 Å². The Balaban J connectivity index is 2.06. The molecule has 2 aromatic carbocycles. The molecule has 0 aromatic heterocycles. The van der Waals surface area contributed by atoms with Crippen LogP contribution in [-0.2, 0) is 6.42 Å². The van der Waals surface area contributed by atoms with Crippen LogP contribution in [0.3, 0.4) is 0 Å². The van der Waals surface area contributed by atoms with Crippen LogP contribution in [0.15, 0.2) is 42.5 Å². The van der Waals surface area contributed by atoms with Crippen molar-refractivity contribution in [3.05, 3.63) is 48.0 Å². The fourth-order valence-electron chi connectivity index (χ4n) is 2.07. The van der Waals surface area contributed by atoms with Crippen LogP contribution < -0.4 is 15.8 Å². The number of anilines is 3. The van der Waals surface area contributed by atoms with Crippen molar-refractivity contribution in [2.45, 2.75) is 26.2 Å². The smallest absolute Gasteiger partial charge is 0.121 e. The monoisotopic (exact) mass is 270 g/mol. The molecule has 0 aliphatic carbocycles. The van der Waals surface area contributed by atoms with Crippen molar-refractivity contribution in [2.75, 3.05) is 18.2 Å². The zero-order chi connectivity index (χ0) is 14.4. The van der Waals surface area contributed by atoms with E-state index in [4.69, 9.17) is 10.5 Å². The first-order valence-corrected chi connectivity index (χ1v) is 7.02. The summed E-state index contributed by atoms with van der Waals surface area (Å²) in [6.07, 6.45) is 3.60. The van der Waals surface area contributed by atoms with Crippen molar-refractivity contribution in [1.82, 2.24) is 0 Å². The first-order chi connectivity index (χ1) is 9.72. The molecule has 0 saturated carbocycles. The Morgan fingerprint density at radius 1 is 1.10 bits per heavy atom. The first kappa shape index (κ1) is 14.3. The third kappa shape index (κ3) is 3.67. The molecule has 0 aliphatic rings. The lowest BCUT2D eigenvalue weighted by atomic mass is 10.1. The van der Waals surface area contributed by atoms with Crippen LogP contribution in [0.25, 0.3) is 0 Å². The van der Waals surface area contributed by atoms with Crippen LogP contribution in [0.5, 0.6) is 5.75 Å². The summed E-state index contributed by atoms with van der Waals surface area (Å²) in [6, 6.07) is 14.2. The number of nitrogens with one attached hydrogen (secondary N) is 1. The number of nitrogen functional groups attached to an aromatic ring is 1. The van der Waals surface area contributed by atoms with Gasteiger partial charge in [0.25, 0.3) is 0 Å². The van der Waals surface area contributed by atoms with Crippen LogP contribution in [0.1, 0.15) is 25.3 Å². The number of rotatable bonds is 6. The highest BCUT2D eigenvalue weighted by atomic mass is 16.5. The number of nitrogens with two attached hydrogens (primary N) is 1. The molecule has 2 rings (SSSR count). The molecule has 20 heavy (non-hydrogen) atoms. The SMILES string of the molecule is CCCCc1ccc(Nc2ccc(OC)cc2N)cc1. The molecule has 0 atom stereocenters. The second-order valence-corrected chi connectivity index (χ2v) is 4.88. The van der Waals surface area contributed by atoms with Gasteiger partial charge in [0.1, 0.15) is 5.75 Å². The van der Waals surface area contributed by atoms with Crippen molar-refractivity contribution in [2.24, 2.45) is 0 Å². The fraction of sp³-hybridized carbons (Fsp3) is 0.294. The standard InChI is InChI=1S/C17H22N2O/c1-3-4-5-13-6-8-14(9-7-13)19-17-11-10-15(20-2)12-16(17)18/h6-12,19H,3-5,18H2,1-2H3. The lowest BCUT2D eigenvalue weighted by molar-refractivity contribution is 0.415. The lowest BCUT2D eigenvalue weighted by Gasteiger charge is -2.11. The summed E-state index contributed by atoms with van der Waals surface area (Å²) in [6.45, 7) is 2.21. The summed E-state index contributed by atoms with van der Waals surface area (Å²) in [4.78, 5) is 0. The molecular weight excluding hydrogens is 248 g/mol. The van der Waals surface area contributed by atoms with Gasteiger partial charge in [-0.15, -0.1) is 0 Å². The van der Waals surface area contributed by atoms with Gasteiger partial charge >= 0.3 is 0 Å². The molecule has 0 saturated heterocycles. The molecule has 3 N–H and O–H groups in total. The Morgan fingerprint density at radius 3 is 2.45 bits per heavy atom. The molecule has 3 nitrogen and oxygen atoms in total. The lowest BCUT2D eigenvalue weighted by Crippen LogP contribution is -1.97. The summed E-state index contributed by atoms with van der Waals surface area (Å²) in [5.74, 6) is 0.767. The van der Waals surface area contributed by atoms with E-state index in [2.05, 4.69) is 36.5 Å². The molecular formula is C17H22N2O. The second kappa shape index (κ2) is 6.85. The van der Waals surface area contributed by atoms with Crippen molar-refractivity contribution in [3.63, 3.8) is 0 Å². The summed E-state index contributed by atoms with van der Waals surface area (Å²) in [7, 11) is 1.64. The van der Waals surface area contributed by atoms with Gasteiger partial charge in [0.15, 0.2) is 0 Å². The van der Waals surface area contributed by atoms with Gasteiger partial charge in [-0.05, 0) is 42.7 Å². The van der Waals surface area contributed by atoms with E-state index in [1.165, 1.54) is 18.4 Å². The Labute approximate surface area is 120 Å². The maximum atomic E-state index is 6.00. The number of aryl methyl sites for hydroxylation is 1. The highest BCUT2D eigenvalue weighted by Gasteiger charge is 2.02. The van der Waals surface area contributed by atoms with Gasteiger partial charge in [0.2, 0.25) is 0 Å². The fourth-order valence-corrected chi connectivity index (χ4v) is 2.07. The van der Waals surface area contributed by atoms with E-state index < -0.39 is 0 Å². The Bertz CT molecular complexity index is 549. The van der Waals surface area contributed by atoms with E-state index in [-0.39, 0.29) is 0 Å². The Hall–Kier alpha value is -2.16. The summed E-state index contributed by atoms with van der Waals surface area (Å²) >= 11 is 0. The number of benzene rings is 2. The molecule has 0 bridgehead atoms. The molecule has 0 amide bonds. The van der Waals surface area contributed by atoms with Crippen LogP contribution in [-0.4, -0.2) is 7.11 Å². The van der Waals surface area contributed by atoms with E-state index in [1.54, 1.807) is 7.11 Å². The molecule has 0 fully saturated rings. The minimum atomic E-state index is 0.680. The van der Waals surface area contributed by atoms with Crippen LogP contribution in [0.4, 0.5) is 17.1 Å². The van der Waals surface area contributed by atoms with Gasteiger partial charge in [-0.2, -0.15) is 0 Å². The quantitative estimate of drug-likeness (QED) is 0.766. The van der Waals surface area contributed by atoms with Crippen LogP contribution >= 0.6 is 0 Å².